The molecule has 2 N–H and O–H groups in total. The smallest absolute Gasteiger partial charge is 0.287 e. The van der Waals surface area contributed by atoms with E-state index in [0.717, 1.165) is 45.3 Å². The first-order valence-corrected chi connectivity index (χ1v) is 8.87. The molecule has 2 aliphatic rings. The fourth-order valence-corrected chi connectivity index (χ4v) is 3.67. The summed E-state index contributed by atoms with van der Waals surface area (Å²) < 4.78 is 5.67. The zero-order valence-electron chi connectivity index (χ0n) is 14.3. The monoisotopic (exact) mass is 334 g/mol. The third kappa shape index (κ3) is 3.54. The molecule has 132 valence electrons. The zero-order chi connectivity index (χ0) is 17.1. The van der Waals surface area contributed by atoms with E-state index in [-0.39, 0.29) is 24.1 Å². The quantitative estimate of drug-likeness (QED) is 0.853. The summed E-state index contributed by atoms with van der Waals surface area (Å²) in [4.78, 5) is 26.7. The van der Waals surface area contributed by atoms with Gasteiger partial charge in [-0.15, -0.1) is 0 Å². The van der Waals surface area contributed by atoms with Crippen molar-refractivity contribution in [3.63, 3.8) is 0 Å². The molecule has 1 saturated heterocycles. The molecular weight excluding hydrogens is 308 g/mol. The van der Waals surface area contributed by atoms with E-state index in [1.54, 1.807) is 6.92 Å². The van der Waals surface area contributed by atoms with Crippen molar-refractivity contribution >= 4 is 11.7 Å². The van der Waals surface area contributed by atoms with Gasteiger partial charge in [0.05, 0.1) is 5.56 Å². The summed E-state index contributed by atoms with van der Waals surface area (Å²) in [5.41, 5.74) is 1.30. The Morgan fingerprint density at radius 2 is 2.08 bits per heavy atom. The van der Waals surface area contributed by atoms with Gasteiger partial charge < -0.3 is 19.7 Å². The second kappa shape index (κ2) is 7.49. The van der Waals surface area contributed by atoms with E-state index < -0.39 is 0 Å². The molecule has 0 atom stereocenters. The Kier molecular flexibility index (Phi) is 5.36. The highest BCUT2D eigenvalue weighted by Gasteiger charge is 2.28. The number of hydrogen-bond acceptors (Lipinski definition) is 5. The number of likely N-dealkylation sites (tertiary alicyclic amines) is 1. The second-order valence-corrected chi connectivity index (χ2v) is 6.85. The average Bonchev–Trinajstić information content (AvgIpc) is 2.93. The summed E-state index contributed by atoms with van der Waals surface area (Å²) >= 11 is 0. The van der Waals surface area contributed by atoms with E-state index in [1.165, 1.54) is 0 Å². The number of piperidine rings is 1. The van der Waals surface area contributed by atoms with Gasteiger partial charge in [-0.1, -0.05) is 0 Å². The lowest BCUT2D eigenvalue weighted by Gasteiger charge is -2.30. The van der Waals surface area contributed by atoms with Crippen LogP contribution in [0.25, 0.3) is 0 Å². The molecule has 0 bridgehead atoms. The number of hydrogen-bond donors (Lipinski definition) is 2. The molecule has 0 unspecified atom stereocenters. The first-order valence-electron chi connectivity index (χ1n) is 8.87. The van der Waals surface area contributed by atoms with Crippen molar-refractivity contribution in [2.24, 2.45) is 5.92 Å². The number of nitrogens with zero attached hydrogens (tertiary/aromatic N) is 1. The largest absolute Gasteiger partial charge is 0.455 e. The number of aliphatic hydroxyl groups is 1. The van der Waals surface area contributed by atoms with Crippen molar-refractivity contribution in [3.05, 3.63) is 22.6 Å². The van der Waals surface area contributed by atoms with Crippen LogP contribution in [-0.4, -0.2) is 54.5 Å². The molecule has 0 saturated carbocycles. The number of aliphatic hydroxyl groups excluding tert-OH is 1. The van der Waals surface area contributed by atoms with Crippen molar-refractivity contribution < 1.29 is 19.1 Å². The molecule has 1 aliphatic carbocycles. The van der Waals surface area contributed by atoms with Crippen LogP contribution in [0, 0.1) is 12.8 Å². The number of fused-ring (bicyclic) bond motifs is 1. The summed E-state index contributed by atoms with van der Waals surface area (Å²) in [6.45, 7) is 5.34. The van der Waals surface area contributed by atoms with E-state index in [1.807, 2.05) is 0 Å². The van der Waals surface area contributed by atoms with Crippen molar-refractivity contribution in [2.45, 2.75) is 39.0 Å². The number of ketones is 1. The van der Waals surface area contributed by atoms with Crippen LogP contribution in [0.15, 0.2) is 4.42 Å². The summed E-state index contributed by atoms with van der Waals surface area (Å²) in [6.07, 6.45) is 4.09. The fraction of sp³-hybridized carbons (Fsp3) is 0.667. The Balaban J connectivity index is 1.52. The molecule has 3 rings (SSSR count). The lowest BCUT2D eigenvalue weighted by atomic mass is 9.94. The average molecular weight is 334 g/mol. The van der Waals surface area contributed by atoms with Gasteiger partial charge in [0.1, 0.15) is 5.76 Å². The van der Waals surface area contributed by atoms with Crippen LogP contribution in [0.1, 0.15) is 57.9 Å². The number of amides is 1. The summed E-state index contributed by atoms with van der Waals surface area (Å²) in [5, 5.41) is 12.1. The van der Waals surface area contributed by atoms with Gasteiger partial charge in [0.2, 0.25) is 0 Å². The van der Waals surface area contributed by atoms with E-state index in [0.29, 0.717) is 35.8 Å². The normalized spacial score (nSPS) is 19.3. The minimum atomic E-state index is -0.236. The van der Waals surface area contributed by atoms with E-state index in [2.05, 4.69) is 10.2 Å². The van der Waals surface area contributed by atoms with Gasteiger partial charge in [-0.05, 0) is 45.2 Å². The van der Waals surface area contributed by atoms with Crippen molar-refractivity contribution in [3.8, 4) is 0 Å². The van der Waals surface area contributed by atoms with Crippen LogP contribution in [0.5, 0.6) is 0 Å². The molecule has 0 aromatic carbocycles. The van der Waals surface area contributed by atoms with Crippen LogP contribution in [0.4, 0.5) is 0 Å². The molecule has 24 heavy (non-hydrogen) atoms. The molecule has 1 aromatic heterocycles. The first kappa shape index (κ1) is 17.2. The Morgan fingerprint density at radius 1 is 1.33 bits per heavy atom. The Morgan fingerprint density at radius 3 is 2.75 bits per heavy atom. The van der Waals surface area contributed by atoms with Gasteiger partial charge in [0.15, 0.2) is 11.5 Å². The number of furan rings is 1. The maximum absolute atomic E-state index is 12.4. The lowest BCUT2D eigenvalue weighted by molar-refractivity contribution is 0.0906. The predicted molar refractivity (Wildman–Crippen MR) is 89.3 cm³/mol. The Hall–Kier alpha value is -1.66. The number of nitrogens with one attached hydrogen (secondary N) is 1. The van der Waals surface area contributed by atoms with Crippen LogP contribution in [0.2, 0.25) is 0 Å². The Bertz CT molecular complexity index is 615. The molecule has 2 heterocycles. The molecule has 1 aliphatic heterocycles. The van der Waals surface area contributed by atoms with E-state index >= 15 is 0 Å². The number of aryl methyl sites for hydroxylation is 1. The maximum atomic E-state index is 12.4. The highest BCUT2D eigenvalue weighted by molar-refractivity contribution is 6.03. The lowest BCUT2D eigenvalue weighted by Crippen LogP contribution is -2.40. The zero-order valence-corrected chi connectivity index (χ0v) is 14.3. The second-order valence-electron chi connectivity index (χ2n) is 6.85. The molecule has 6 heteroatoms. The molecule has 1 aromatic rings. The summed E-state index contributed by atoms with van der Waals surface area (Å²) in [6, 6.07) is 0. The third-order valence-electron chi connectivity index (χ3n) is 5.19. The van der Waals surface area contributed by atoms with Crippen LogP contribution < -0.4 is 5.32 Å². The van der Waals surface area contributed by atoms with Gasteiger partial charge in [0.25, 0.3) is 5.91 Å². The van der Waals surface area contributed by atoms with Crippen LogP contribution >= 0.6 is 0 Å². The van der Waals surface area contributed by atoms with Crippen LogP contribution in [0.3, 0.4) is 0 Å². The molecule has 1 amide bonds. The molecule has 6 nitrogen and oxygen atoms in total. The SMILES string of the molecule is Cc1c(C(=O)NCCN2CCC(CO)CC2)oc2c1C(=O)CCC2. The topological polar surface area (TPSA) is 82.8 Å². The molecule has 0 radical (unpaired) electrons. The highest BCUT2D eigenvalue weighted by Crippen LogP contribution is 2.29. The van der Waals surface area contributed by atoms with E-state index in [9.17, 15) is 9.59 Å². The molecule has 0 spiro atoms. The van der Waals surface area contributed by atoms with E-state index in [4.69, 9.17) is 9.52 Å². The van der Waals surface area contributed by atoms with Gasteiger partial charge in [-0.2, -0.15) is 0 Å². The fourth-order valence-electron chi connectivity index (χ4n) is 3.67. The predicted octanol–water partition coefficient (Wildman–Crippen LogP) is 1.54. The molecule has 1 fully saturated rings. The van der Waals surface area contributed by atoms with Crippen LogP contribution in [-0.2, 0) is 6.42 Å². The highest BCUT2D eigenvalue weighted by atomic mass is 16.4. The summed E-state index contributed by atoms with van der Waals surface area (Å²) in [7, 11) is 0. The standard InChI is InChI=1S/C18H26N2O4/c1-12-16-14(22)3-2-4-15(16)24-17(12)18(23)19-7-10-20-8-5-13(11-21)6-9-20/h13,21H,2-11H2,1H3,(H,19,23). The number of carbonyl (C=O) groups is 2. The van der Waals surface area contributed by atoms with Gasteiger partial charge in [-0.3, -0.25) is 9.59 Å². The van der Waals surface area contributed by atoms with Gasteiger partial charge in [0, 0.05) is 38.1 Å². The van der Waals surface area contributed by atoms with Gasteiger partial charge >= 0.3 is 0 Å². The van der Waals surface area contributed by atoms with Crippen molar-refractivity contribution in [1.29, 1.82) is 0 Å². The number of rotatable bonds is 5. The summed E-state index contributed by atoms with van der Waals surface area (Å²) in [5.74, 6) is 1.22. The third-order valence-corrected chi connectivity index (χ3v) is 5.19. The Labute approximate surface area is 142 Å². The van der Waals surface area contributed by atoms with Crippen molar-refractivity contribution in [2.75, 3.05) is 32.8 Å². The minimum Gasteiger partial charge on any atom is -0.455 e. The molecular formula is C18H26N2O4. The van der Waals surface area contributed by atoms with Gasteiger partial charge in [-0.25, -0.2) is 0 Å². The first-order chi connectivity index (χ1) is 11.6. The number of carbonyl (C=O) groups excluding carboxylic acids is 2. The van der Waals surface area contributed by atoms with Crippen molar-refractivity contribution in [1.82, 2.24) is 10.2 Å². The minimum absolute atomic E-state index is 0.0864. The maximum Gasteiger partial charge on any atom is 0.287 e. The number of Topliss-reactive ketones (excluding diaryl/α,β-unsaturated/α-hetero) is 1.